The first kappa shape index (κ1) is 13.5. The summed E-state index contributed by atoms with van der Waals surface area (Å²) in [4.78, 5) is 19.5. The van der Waals surface area contributed by atoms with E-state index in [0.29, 0.717) is 10.7 Å². The van der Waals surface area contributed by atoms with Crippen LogP contribution in [0.5, 0.6) is 0 Å². The van der Waals surface area contributed by atoms with Crippen molar-refractivity contribution >= 4 is 57.4 Å². The van der Waals surface area contributed by atoms with Crippen molar-refractivity contribution < 1.29 is 4.79 Å². The molecule has 4 nitrogen and oxygen atoms in total. The van der Waals surface area contributed by atoms with Crippen LogP contribution in [0.3, 0.4) is 0 Å². The number of carbonyl (C=O) groups excluding carboxylic acids is 1. The van der Waals surface area contributed by atoms with Crippen LogP contribution in [-0.4, -0.2) is 15.9 Å². The highest BCUT2D eigenvalue weighted by Gasteiger charge is 2.10. The van der Waals surface area contributed by atoms with Gasteiger partial charge < -0.3 is 5.32 Å². The van der Waals surface area contributed by atoms with Gasteiger partial charge in [-0.05, 0) is 40.8 Å². The number of rotatable bonds is 2. The van der Waals surface area contributed by atoms with E-state index < -0.39 is 5.91 Å². The SMILES string of the molecule is O=C(Nc1ccc(I)cc1Cl)c1cncc(Cl)n1. The molecule has 1 heterocycles. The van der Waals surface area contributed by atoms with E-state index in [1.165, 1.54) is 12.4 Å². The van der Waals surface area contributed by atoms with Crippen molar-refractivity contribution in [2.24, 2.45) is 0 Å². The summed E-state index contributed by atoms with van der Waals surface area (Å²) in [5.41, 5.74) is 0.654. The molecule has 0 unspecified atom stereocenters. The second-order valence-corrected chi connectivity index (χ2v) is 5.35. The molecular formula is C11H6Cl2IN3O. The highest BCUT2D eigenvalue weighted by molar-refractivity contribution is 14.1. The Morgan fingerprint density at radius 3 is 2.72 bits per heavy atom. The van der Waals surface area contributed by atoms with Crippen molar-refractivity contribution in [3.05, 3.63) is 50.0 Å². The molecule has 0 aliphatic heterocycles. The first-order chi connectivity index (χ1) is 8.56. The fourth-order valence-electron chi connectivity index (χ4n) is 1.23. The van der Waals surface area contributed by atoms with E-state index >= 15 is 0 Å². The van der Waals surface area contributed by atoms with Gasteiger partial charge in [0, 0.05) is 3.57 Å². The number of nitrogens with zero attached hydrogens (tertiary/aromatic N) is 2. The summed E-state index contributed by atoms with van der Waals surface area (Å²) in [5.74, 6) is -0.409. The van der Waals surface area contributed by atoms with E-state index in [1.807, 2.05) is 6.07 Å². The molecule has 1 aromatic heterocycles. The van der Waals surface area contributed by atoms with Crippen LogP contribution in [0, 0.1) is 3.57 Å². The predicted octanol–water partition coefficient (Wildman–Crippen LogP) is 3.64. The smallest absolute Gasteiger partial charge is 0.275 e. The zero-order valence-electron chi connectivity index (χ0n) is 8.82. The monoisotopic (exact) mass is 393 g/mol. The van der Waals surface area contributed by atoms with Gasteiger partial charge in [-0.15, -0.1) is 0 Å². The lowest BCUT2D eigenvalue weighted by Gasteiger charge is -2.06. The van der Waals surface area contributed by atoms with Gasteiger partial charge in [-0.1, -0.05) is 23.2 Å². The summed E-state index contributed by atoms with van der Waals surface area (Å²) in [6.07, 6.45) is 2.69. The van der Waals surface area contributed by atoms with Gasteiger partial charge in [0.15, 0.2) is 0 Å². The number of benzene rings is 1. The predicted molar refractivity (Wildman–Crippen MR) is 79.2 cm³/mol. The second-order valence-electron chi connectivity index (χ2n) is 3.31. The van der Waals surface area contributed by atoms with E-state index in [2.05, 4.69) is 37.9 Å². The average Bonchev–Trinajstić information content (AvgIpc) is 2.32. The number of nitrogens with one attached hydrogen (secondary N) is 1. The Morgan fingerprint density at radius 2 is 2.06 bits per heavy atom. The van der Waals surface area contributed by atoms with Crippen LogP contribution in [-0.2, 0) is 0 Å². The molecule has 92 valence electrons. The molecule has 0 fully saturated rings. The summed E-state index contributed by atoms with van der Waals surface area (Å²) >= 11 is 13.8. The van der Waals surface area contributed by atoms with Gasteiger partial charge in [0.25, 0.3) is 5.91 Å². The Morgan fingerprint density at radius 1 is 1.28 bits per heavy atom. The van der Waals surface area contributed by atoms with Crippen LogP contribution < -0.4 is 5.32 Å². The van der Waals surface area contributed by atoms with Gasteiger partial charge in [0.05, 0.1) is 23.1 Å². The number of halogens is 3. The maximum atomic E-state index is 11.9. The molecule has 0 bridgehead atoms. The van der Waals surface area contributed by atoms with Crippen LogP contribution in [0.4, 0.5) is 5.69 Å². The zero-order chi connectivity index (χ0) is 13.1. The minimum atomic E-state index is -0.409. The Labute approximate surface area is 127 Å². The molecule has 18 heavy (non-hydrogen) atoms. The van der Waals surface area contributed by atoms with E-state index in [0.717, 1.165) is 3.57 Å². The highest BCUT2D eigenvalue weighted by atomic mass is 127. The Bertz CT molecular complexity index is 607. The maximum absolute atomic E-state index is 11.9. The van der Waals surface area contributed by atoms with Crippen LogP contribution in [0.1, 0.15) is 10.5 Å². The van der Waals surface area contributed by atoms with Crippen LogP contribution >= 0.6 is 45.8 Å². The van der Waals surface area contributed by atoms with Crippen molar-refractivity contribution in [1.29, 1.82) is 0 Å². The largest absolute Gasteiger partial charge is 0.319 e. The number of hydrogen-bond donors (Lipinski definition) is 1. The van der Waals surface area contributed by atoms with Gasteiger partial charge in [-0.3, -0.25) is 9.78 Å². The molecular weight excluding hydrogens is 388 g/mol. The fraction of sp³-hybridized carbons (Fsp3) is 0. The first-order valence-electron chi connectivity index (χ1n) is 4.80. The average molecular weight is 394 g/mol. The summed E-state index contributed by atoms with van der Waals surface area (Å²) < 4.78 is 0.984. The lowest BCUT2D eigenvalue weighted by atomic mass is 10.3. The molecule has 0 saturated heterocycles. The summed E-state index contributed by atoms with van der Waals surface area (Å²) in [6, 6.07) is 5.31. The Hall–Kier alpha value is -0.920. The molecule has 7 heteroatoms. The minimum Gasteiger partial charge on any atom is -0.319 e. The zero-order valence-corrected chi connectivity index (χ0v) is 12.5. The lowest BCUT2D eigenvalue weighted by Crippen LogP contribution is -2.14. The lowest BCUT2D eigenvalue weighted by molar-refractivity contribution is 0.102. The van der Waals surface area contributed by atoms with Gasteiger partial charge in [0.2, 0.25) is 0 Å². The molecule has 2 rings (SSSR count). The van der Waals surface area contributed by atoms with Crippen LogP contribution in [0.25, 0.3) is 0 Å². The quantitative estimate of drug-likeness (QED) is 0.792. The van der Waals surface area contributed by atoms with Gasteiger partial charge >= 0.3 is 0 Å². The fourth-order valence-corrected chi connectivity index (χ4v) is 2.28. The summed E-state index contributed by atoms with van der Waals surface area (Å²) in [5, 5.41) is 3.27. The summed E-state index contributed by atoms with van der Waals surface area (Å²) in [7, 11) is 0. The van der Waals surface area contributed by atoms with E-state index in [-0.39, 0.29) is 10.8 Å². The highest BCUT2D eigenvalue weighted by Crippen LogP contribution is 2.24. The molecule has 1 N–H and O–H groups in total. The third-order valence-corrected chi connectivity index (χ3v) is 3.18. The standard InChI is InChI=1S/C11H6Cl2IN3O/c12-7-3-6(14)1-2-8(7)17-11(18)9-4-15-5-10(13)16-9/h1-5H,(H,17,18). The van der Waals surface area contributed by atoms with Crippen molar-refractivity contribution in [2.45, 2.75) is 0 Å². The van der Waals surface area contributed by atoms with E-state index in [1.54, 1.807) is 12.1 Å². The van der Waals surface area contributed by atoms with Crippen molar-refractivity contribution in [3.63, 3.8) is 0 Å². The molecule has 1 amide bonds. The van der Waals surface area contributed by atoms with Crippen molar-refractivity contribution in [3.8, 4) is 0 Å². The first-order valence-corrected chi connectivity index (χ1v) is 6.63. The molecule has 0 aliphatic rings. The normalized spacial score (nSPS) is 10.2. The Balaban J connectivity index is 2.21. The molecule has 0 saturated carbocycles. The number of anilines is 1. The number of hydrogen-bond acceptors (Lipinski definition) is 3. The Kier molecular flexibility index (Phi) is 4.36. The molecule has 1 aromatic carbocycles. The molecule has 0 radical (unpaired) electrons. The minimum absolute atomic E-state index is 0.136. The second kappa shape index (κ2) is 5.81. The number of aromatic nitrogens is 2. The van der Waals surface area contributed by atoms with Crippen LogP contribution in [0.2, 0.25) is 10.2 Å². The van der Waals surface area contributed by atoms with Crippen molar-refractivity contribution in [1.82, 2.24) is 9.97 Å². The van der Waals surface area contributed by atoms with Gasteiger partial charge in [0.1, 0.15) is 10.8 Å². The molecule has 0 spiro atoms. The van der Waals surface area contributed by atoms with Crippen LogP contribution in [0.15, 0.2) is 30.6 Å². The van der Waals surface area contributed by atoms with Gasteiger partial charge in [-0.25, -0.2) is 4.98 Å². The van der Waals surface area contributed by atoms with E-state index in [4.69, 9.17) is 23.2 Å². The van der Waals surface area contributed by atoms with E-state index in [9.17, 15) is 4.79 Å². The third-order valence-electron chi connectivity index (χ3n) is 2.02. The topological polar surface area (TPSA) is 54.9 Å². The number of amides is 1. The van der Waals surface area contributed by atoms with Gasteiger partial charge in [-0.2, -0.15) is 0 Å². The summed E-state index contributed by atoms with van der Waals surface area (Å²) in [6.45, 7) is 0. The number of carbonyl (C=O) groups is 1. The third kappa shape index (κ3) is 3.30. The molecule has 2 aromatic rings. The molecule has 0 atom stereocenters. The maximum Gasteiger partial charge on any atom is 0.275 e. The van der Waals surface area contributed by atoms with Crippen molar-refractivity contribution in [2.75, 3.05) is 5.32 Å². The molecule has 0 aliphatic carbocycles.